The number of halogens is 3. The molecule has 1 aliphatic heterocycles. The maximum Gasteiger partial charge on any atom is 0.405 e. The van der Waals surface area contributed by atoms with Crippen molar-refractivity contribution in [3.8, 4) is 0 Å². The number of carbonyl (C=O) groups excluding carboxylic acids is 2. The van der Waals surface area contributed by atoms with Crippen molar-refractivity contribution < 1.29 is 22.8 Å². The van der Waals surface area contributed by atoms with Crippen LogP contribution in [0.1, 0.15) is 38.5 Å². The molecule has 1 saturated carbocycles. The molecule has 0 spiro atoms. The Labute approximate surface area is 152 Å². The van der Waals surface area contributed by atoms with Crippen LogP contribution >= 0.6 is 0 Å². The maximum atomic E-state index is 13.2. The molecule has 1 unspecified atom stereocenters. The topological polar surface area (TPSA) is 73.5 Å². The summed E-state index contributed by atoms with van der Waals surface area (Å²) in [5.41, 5.74) is 0. The van der Waals surface area contributed by atoms with Gasteiger partial charge in [0.25, 0.3) is 0 Å². The first-order valence-corrected chi connectivity index (χ1v) is 9.41. The predicted octanol–water partition coefficient (Wildman–Crippen LogP) is 1.03. The molecule has 1 atom stereocenters. The van der Waals surface area contributed by atoms with Crippen LogP contribution in [-0.4, -0.2) is 68.2 Å². The molecule has 2 rings (SSSR count). The molecule has 2 fully saturated rings. The van der Waals surface area contributed by atoms with Crippen molar-refractivity contribution in [3.63, 3.8) is 0 Å². The molecule has 0 aromatic carbocycles. The van der Waals surface area contributed by atoms with Crippen molar-refractivity contribution in [2.45, 2.75) is 50.7 Å². The zero-order valence-corrected chi connectivity index (χ0v) is 15.0. The monoisotopic (exact) mass is 378 g/mol. The lowest BCUT2D eigenvalue weighted by molar-refractivity contribution is -0.184. The van der Waals surface area contributed by atoms with E-state index in [-0.39, 0.29) is 25.5 Å². The van der Waals surface area contributed by atoms with Gasteiger partial charge in [-0.15, -0.1) is 0 Å². The van der Waals surface area contributed by atoms with E-state index in [1.165, 1.54) is 17.7 Å². The fourth-order valence-corrected chi connectivity index (χ4v) is 3.62. The Bertz CT molecular complexity index is 461. The Morgan fingerprint density at radius 1 is 1.08 bits per heavy atom. The molecule has 2 amide bonds. The van der Waals surface area contributed by atoms with Crippen LogP contribution < -0.4 is 16.0 Å². The van der Waals surface area contributed by atoms with Gasteiger partial charge in [0.2, 0.25) is 11.8 Å². The van der Waals surface area contributed by atoms with Gasteiger partial charge in [-0.3, -0.25) is 14.5 Å². The Kier molecular flexibility index (Phi) is 8.15. The van der Waals surface area contributed by atoms with Crippen molar-refractivity contribution in [1.29, 1.82) is 0 Å². The highest BCUT2D eigenvalue weighted by Crippen LogP contribution is 2.28. The van der Waals surface area contributed by atoms with Crippen LogP contribution in [0.15, 0.2) is 0 Å². The number of hydrogen-bond donors (Lipinski definition) is 3. The summed E-state index contributed by atoms with van der Waals surface area (Å²) in [4.78, 5) is 24.9. The number of nitrogens with zero attached hydrogens (tertiary/aromatic N) is 1. The van der Waals surface area contributed by atoms with Gasteiger partial charge in [0, 0.05) is 39.1 Å². The van der Waals surface area contributed by atoms with Crippen molar-refractivity contribution in [1.82, 2.24) is 20.9 Å². The van der Waals surface area contributed by atoms with E-state index in [0.717, 1.165) is 19.3 Å². The van der Waals surface area contributed by atoms with Gasteiger partial charge in [-0.2, -0.15) is 13.2 Å². The van der Waals surface area contributed by atoms with Crippen LogP contribution in [-0.2, 0) is 9.59 Å². The zero-order valence-electron chi connectivity index (χ0n) is 15.0. The van der Waals surface area contributed by atoms with Gasteiger partial charge in [-0.25, -0.2) is 0 Å². The van der Waals surface area contributed by atoms with Crippen LogP contribution in [0.5, 0.6) is 0 Å². The van der Waals surface area contributed by atoms with Gasteiger partial charge in [-0.1, -0.05) is 25.7 Å². The average molecular weight is 378 g/mol. The Morgan fingerprint density at radius 2 is 1.73 bits per heavy atom. The lowest BCUT2D eigenvalue weighted by Gasteiger charge is -2.35. The van der Waals surface area contributed by atoms with E-state index >= 15 is 0 Å². The van der Waals surface area contributed by atoms with Crippen LogP contribution in [0, 0.1) is 5.92 Å². The van der Waals surface area contributed by atoms with Crippen molar-refractivity contribution in [2.75, 3.05) is 39.3 Å². The SMILES string of the molecule is O=C(CCC1CCCC1)NCC(=O)NCC(N1CCNCC1)C(F)(F)F. The van der Waals surface area contributed by atoms with Gasteiger partial charge < -0.3 is 16.0 Å². The van der Waals surface area contributed by atoms with E-state index in [0.29, 0.717) is 25.4 Å². The number of carbonyl (C=O) groups is 2. The summed E-state index contributed by atoms with van der Waals surface area (Å²) < 4.78 is 39.7. The molecule has 3 N–H and O–H groups in total. The summed E-state index contributed by atoms with van der Waals surface area (Å²) in [5, 5.41) is 7.80. The van der Waals surface area contributed by atoms with E-state index in [4.69, 9.17) is 0 Å². The molecule has 150 valence electrons. The second-order valence-electron chi connectivity index (χ2n) is 7.11. The average Bonchev–Trinajstić information content (AvgIpc) is 3.11. The first-order valence-electron chi connectivity index (χ1n) is 9.41. The van der Waals surface area contributed by atoms with Gasteiger partial charge in [-0.05, 0) is 12.3 Å². The van der Waals surface area contributed by atoms with Gasteiger partial charge in [0.15, 0.2) is 0 Å². The smallest absolute Gasteiger partial charge is 0.353 e. The van der Waals surface area contributed by atoms with Crippen LogP contribution in [0.4, 0.5) is 13.2 Å². The third-order valence-electron chi connectivity index (χ3n) is 5.16. The van der Waals surface area contributed by atoms with E-state index in [9.17, 15) is 22.8 Å². The first kappa shape index (κ1) is 21.0. The molecule has 1 saturated heterocycles. The molecule has 9 heteroatoms. The molecular formula is C17H29F3N4O2. The van der Waals surface area contributed by atoms with Crippen molar-refractivity contribution in [3.05, 3.63) is 0 Å². The van der Waals surface area contributed by atoms with Crippen molar-refractivity contribution >= 4 is 11.8 Å². The fraction of sp³-hybridized carbons (Fsp3) is 0.882. The summed E-state index contributed by atoms with van der Waals surface area (Å²) in [6.45, 7) is 0.793. The minimum absolute atomic E-state index is 0.221. The predicted molar refractivity (Wildman–Crippen MR) is 91.5 cm³/mol. The summed E-state index contributed by atoms with van der Waals surface area (Å²) in [7, 11) is 0. The highest BCUT2D eigenvalue weighted by atomic mass is 19.4. The third-order valence-corrected chi connectivity index (χ3v) is 5.16. The number of piperazine rings is 1. The lowest BCUT2D eigenvalue weighted by Crippen LogP contribution is -2.58. The number of rotatable bonds is 8. The van der Waals surface area contributed by atoms with E-state index in [2.05, 4.69) is 16.0 Å². The summed E-state index contributed by atoms with van der Waals surface area (Å²) >= 11 is 0. The molecule has 6 nitrogen and oxygen atoms in total. The largest absolute Gasteiger partial charge is 0.405 e. The quantitative estimate of drug-likeness (QED) is 0.590. The van der Waals surface area contributed by atoms with Gasteiger partial charge in [0.1, 0.15) is 6.04 Å². The molecule has 0 aromatic heterocycles. The zero-order chi connectivity index (χ0) is 19.0. The van der Waals surface area contributed by atoms with E-state index in [1.807, 2.05) is 0 Å². The lowest BCUT2D eigenvalue weighted by atomic mass is 10.0. The molecule has 0 radical (unpaired) electrons. The molecule has 26 heavy (non-hydrogen) atoms. The first-order chi connectivity index (χ1) is 12.4. The minimum atomic E-state index is -4.41. The molecule has 0 bridgehead atoms. The van der Waals surface area contributed by atoms with E-state index in [1.54, 1.807) is 0 Å². The summed E-state index contributed by atoms with van der Waals surface area (Å²) in [5.74, 6) is -0.230. The highest BCUT2D eigenvalue weighted by molar-refractivity contribution is 5.84. The molecule has 2 aliphatic rings. The molecule has 1 heterocycles. The Morgan fingerprint density at radius 3 is 2.35 bits per heavy atom. The van der Waals surface area contributed by atoms with E-state index < -0.39 is 24.7 Å². The van der Waals surface area contributed by atoms with Crippen molar-refractivity contribution in [2.24, 2.45) is 5.92 Å². The standard InChI is InChI=1S/C17H29F3N4O2/c18-17(19,20)14(24-9-7-21-8-10-24)11-22-16(26)12-23-15(25)6-5-13-3-1-2-4-13/h13-14,21H,1-12H2,(H,22,26)(H,23,25). The Hall–Kier alpha value is -1.35. The van der Waals surface area contributed by atoms with Gasteiger partial charge >= 0.3 is 6.18 Å². The summed E-state index contributed by atoms with van der Waals surface area (Å²) in [6, 6.07) is -1.70. The summed E-state index contributed by atoms with van der Waals surface area (Å²) in [6.07, 6.45) is 1.49. The number of alkyl halides is 3. The second-order valence-corrected chi connectivity index (χ2v) is 7.11. The number of amides is 2. The number of hydrogen-bond acceptors (Lipinski definition) is 4. The minimum Gasteiger partial charge on any atom is -0.353 e. The maximum absolute atomic E-state index is 13.2. The normalized spacial score (nSPS) is 20.7. The second kappa shape index (κ2) is 10.1. The fourth-order valence-electron chi connectivity index (χ4n) is 3.62. The number of nitrogens with one attached hydrogen (secondary N) is 3. The van der Waals surface area contributed by atoms with Gasteiger partial charge in [0.05, 0.1) is 6.54 Å². The molecule has 1 aliphatic carbocycles. The third kappa shape index (κ3) is 7.11. The van der Waals surface area contributed by atoms with Crippen LogP contribution in [0.2, 0.25) is 0 Å². The highest BCUT2D eigenvalue weighted by Gasteiger charge is 2.43. The van der Waals surface area contributed by atoms with Crippen LogP contribution in [0.3, 0.4) is 0 Å². The molecular weight excluding hydrogens is 349 g/mol. The molecule has 0 aromatic rings. The Balaban J connectivity index is 1.67. The van der Waals surface area contributed by atoms with Crippen LogP contribution in [0.25, 0.3) is 0 Å².